The first-order valence-electron chi connectivity index (χ1n) is 6.95. The number of nitrogens with zero attached hydrogens (tertiary/aromatic N) is 2. The van der Waals surface area contributed by atoms with Crippen LogP contribution in [0.2, 0.25) is 0 Å². The maximum Gasteiger partial charge on any atom is 0.270 e. The molecular formula is C17H15N3O2. The molecule has 0 aliphatic heterocycles. The molecule has 0 unspecified atom stereocenters. The lowest BCUT2D eigenvalue weighted by molar-refractivity contribution is 0.0949. The third kappa shape index (κ3) is 2.74. The highest BCUT2D eigenvalue weighted by Crippen LogP contribution is 2.03. The second-order valence-electron chi connectivity index (χ2n) is 5.07. The molecule has 3 aromatic rings. The van der Waals surface area contributed by atoms with Crippen molar-refractivity contribution in [2.75, 3.05) is 0 Å². The minimum atomic E-state index is -0.420. The van der Waals surface area contributed by atoms with E-state index in [1.54, 1.807) is 24.4 Å². The minimum Gasteiger partial charge on any atom is -0.348 e. The lowest BCUT2D eigenvalue weighted by atomic mass is 10.1. The summed E-state index contributed by atoms with van der Waals surface area (Å²) in [5.74, 6) is -0.420. The zero-order valence-electron chi connectivity index (χ0n) is 12.1. The van der Waals surface area contributed by atoms with Gasteiger partial charge in [-0.05, 0) is 24.6 Å². The molecule has 0 saturated carbocycles. The van der Waals surface area contributed by atoms with E-state index in [9.17, 15) is 9.59 Å². The van der Waals surface area contributed by atoms with Crippen molar-refractivity contribution in [3.63, 3.8) is 0 Å². The molecule has 5 nitrogen and oxygen atoms in total. The molecule has 0 radical (unpaired) electrons. The van der Waals surface area contributed by atoms with Gasteiger partial charge >= 0.3 is 0 Å². The molecule has 1 N–H and O–H groups in total. The fourth-order valence-corrected chi connectivity index (χ4v) is 2.17. The Morgan fingerprint density at radius 2 is 1.95 bits per heavy atom. The van der Waals surface area contributed by atoms with Gasteiger partial charge in [0.15, 0.2) is 0 Å². The first kappa shape index (κ1) is 14.0. The van der Waals surface area contributed by atoms with E-state index < -0.39 is 5.91 Å². The van der Waals surface area contributed by atoms with Crippen molar-refractivity contribution in [2.45, 2.75) is 13.5 Å². The Kier molecular flexibility index (Phi) is 3.70. The second kappa shape index (κ2) is 5.81. The Labute approximate surface area is 127 Å². The average Bonchev–Trinajstić information content (AvgIpc) is 2.55. The van der Waals surface area contributed by atoms with Gasteiger partial charge < -0.3 is 5.32 Å². The van der Waals surface area contributed by atoms with Gasteiger partial charge in [-0.3, -0.25) is 14.0 Å². The molecule has 0 spiro atoms. The minimum absolute atomic E-state index is 0.0378. The van der Waals surface area contributed by atoms with E-state index in [1.165, 1.54) is 10.6 Å². The van der Waals surface area contributed by atoms with E-state index in [-0.39, 0.29) is 11.1 Å². The second-order valence-corrected chi connectivity index (χ2v) is 5.07. The molecule has 22 heavy (non-hydrogen) atoms. The zero-order chi connectivity index (χ0) is 15.5. The number of carbonyl (C=O) groups is 1. The van der Waals surface area contributed by atoms with Gasteiger partial charge in [-0.25, -0.2) is 4.98 Å². The molecule has 5 heteroatoms. The van der Waals surface area contributed by atoms with Gasteiger partial charge in [0.1, 0.15) is 11.2 Å². The van der Waals surface area contributed by atoms with Crippen molar-refractivity contribution < 1.29 is 4.79 Å². The monoisotopic (exact) mass is 293 g/mol. The molecular weight excluding hydrogens is 278 g/mol. The Morgan fingerprint density at radius 3 is 2.73 bits per heavy atom. The molecule has 110 valence electrons. The SMILES string of the molecule is Cc1ccc(CNC(=O)c2cnc3ccccn3c2=O)cc1. The fraction of sp³-hybridized carbons (Fsp3) is 0.118. The summed E-state index contributed by atoms with van der Waals surface area (Å²) in [6.07, 6.45) is 2.92. The van der Waals surface area contributed by atoms with Crippen molar-refractivity contribution >= 4 is 11.6 Å². The summed E-state index contributed by atoms with van der Waals surface area (Å²) in [5, 5.41) is 2.75. The van der Waals surface area contributed by atoms with E-state index in [0.717, 1.165) is 11.1 Å². The largest absolute Gasteiger partial charge is 0.348 e. The molecule has 1 aromatic carbocycles. The third-order valence-corrected chi connectivity index (χ3v) is 3.43. The molecule has 0 fully saturated rings. The van der Waals surface area contributed by atoms with E-state index in [0.29, 0.717) is 12.2 Å². The zero-order valence-corrected chi connectivity index (χ0v) is 12.1. The Morgan fingerprint density at radius 1 is 1.18 bits per heavy atom. The van der Waals surface area contributed by atoms with E-state index in [4.69, 9.17) is 0 Å². The summed E-state index contributed by atoms with van der Waals surface area (Å²) in [6, 6.07) is 13.1. The van der Waals surface area contributed by atoms with Crippen LogP contribution in [0.1, 0.15) is 21.5 Å². The summed E-state index contributed by atoms with van der Waals surface area (Å²) >= 11 is 0. The molecule has 0 saturated heterocycles. The predicted octanol–water partition coefficient (Wildman–Crippen LogP) is 1.93. The van der Waals surface area contributed by atoms with Crippen LogP contribution in [0.3, 0.4) is 0 Å². The van der Waals surface area contributed by atoms with Crippen LogP contribution >= 0.6 is 0 Å². The molecule has 2 heterocycles. The van der Waals surface area contributed by atoms with Gasteiger partial charge in [0.05, 0.1) is 0 Å². The summed E-state index contributed by atoms with van der Waals surface area (Å²) < 4.78 is 1.36. The van der Waals surface area contributed by atoms with Crippen LogP contribution in [0.15, 0.2) is 59.7 Å². The Balaban J connectivity index is 1.82. The number of nitrogens with one attached hydrogen (secondary N) is 1. The van der Waals surface area contributed by atoms with Gasteiger partial charge in [-0.1, -0.05) is 35.9 Å². The fourth-order valence-electron chi connectivity index (χ4n) is 2.17. The van der Waals surface area contributed by atoms with Crippen molar-refractivity contribution in [3.8, 4) is 0 Å². The van der Waals surface area contributed by atoms with Gasteiger partial charge in [0.25, 0.3) is 11.5 Å². The normalized spacial score (nSPS) is 10.6. The van der Waals surface area contributed by atoms with Gasteiger partial charge in [0, 0.05) is 18.9 Å². The topological polar surface area (TPSA) is 63.5 Å². The van der Waals surface area contributed by atoms with Gasteiger partial charge in [-0.15, -0.1) is 0 Å². The van der Waals surface area contributed by atoms with E-state index >= 15 is 0 Å². The summed E-state index contributed by atoms with van der Waals surface area (Å²) in [6.45, 7) is 2.38. The molecule has 3 rings (SSSR count). The predicted molar refractivity (Wildman–Crippen MR) is 83.8 cm³/mol. The summed E-state index contributed by atoms with van der Waals surface area (Å²) in [5.41, 5.74) is 2.32. The maximum absolute atomic E-state index is 12.3. The number of carbonyl (C=O) groups excluding carboxylic acids is 1. The average molecular weight is 293 g/mol. The quantitative estimate of drug-likeness (QED) is 0.802. The number of hydrogen-bond acceptors (Lipinski definition) is 3. The molecule has 1 amide bonds. The van der Waals surface area contributed by atoms with Gasteiger partial charge in [-0.2, -0.15) is 0 Å². The molecule has 0 aliphatic rings. The van der Waals surface area contributed by atoms with Crippen molar-refractivity contribution in [2.24, 2.45) is 0 Å². The van der Waals surface area contributed by atoms with Crippen LogP contribution in [-0.4, -0.2) is 15.3 Å². The van der Waals surface area contributed by atoms with Crippen LogP contribution in [0.5, 0.6) is 0 Å². The van der Waals surface area contributed by atoms with E-state index in [2.05, 4.69) is 10.3 Å². The summed E-state index contributed by atoms with van der Waals surface area (Å²) in [4.78, 5) is 28.6. The van der Waals surface area contributed by atoms with Crippen LogP contribution in [0.25, 0.3) is 5.65 Å². The number of pyridine rings is 1. The third-order valence-electron chi connectivity index (χ3n) is 3.43. The smallest absolute Gasteiger partial charge is 0.270 e. The number of hydrogen-bond donors (Lipinski definition) is 1. The number of amides is 1. The number of benzene rings is 1. The van der Waals surface area contributed by atoms with Crippen molar-refractivity contribution in [3.05, 3.63) is 81.9 Å². The molecule has 0 bridgehead atoms. The first-order valence-corrected chi connectivity index (χ1v) is 6.95. The molecule has 0 atom stereocenters. The summed E-state index contributed by atoms with van der Waals surface area (Å²) in [7, 11) is 0. The lowest BCUT2D eigenvalue weighted by Crippen LogP contribution is -2.31. The molecule has 2 aromatic heterocycles. The van der Waals surface area contributed by atoms with Crippen LogP contribution < -0.4 is 10.9 Å². The standard InChI is InChI=1S/C17H15N3O2/c1-12-5-7-13(8-6-12)10-19-16(21)14-11-18-15-4-2-3-9-20(15)17(14)22/h2-9,11H,10H2,1H3,(H,19,21). The highest BCUT2D eigenvalue weighted by Gasteiger charge is 2.12. The highest BCUT2D eigenvalue weighted by molar-refractivity contribution is 5.93. The lowest BCUT2D eigenvalue weighted by Gasteiger charge is -2.06. The maximum atomic E-state index is 12.3. The van der Waals surface area contributed by atoms with Crippen molar-refractivity contribution in [1.82, 2.24) is 14.7 Å². The number of aromatic nitrogens is 2. The number of fused-ring (bicyclic) bond motifs is 1. The molecule has 0 aliphatic carbocycles. The van der Waals surface area contributed by atoms with Crippen molar-refractivity contribution in [1.29, 1.82) is 0 Å². The number of rotatable bonds is 3. The Hall–Kier alpha value is -2.95. The van der Waals surface area contributed by atoms with Crippen LogP contribution in [-0.2, 0) is 6.54 Å². The van der Waals surface area contributed by atoms with E-state index in [1.807, 2.05) is 31.2 Å². The van der Waals surface area contributed by atoms with Crippen LogP contribution in [0.4, 0.5) is 0 Å². The van der Waals surface area contributed by atoms with Gasteiger partial charge in [0.2, 0.25) is 0 Å². The number of aryl methyl sites for hydroxylation is 1. The highest BCUT2D eigenvalue weighted by atomic mass is 16.2. The van der Waals surface area contributed by atoms with Crippen LogP contribution in [0, 0.1) is 6.92 Å². The Bertz CT molecular complexity index is 882. The first-order chi connectivity index (χ1) is 10.6.